The minimum absolute atomic E-state index is 0.0191. The van der Waals surface area contributed by atoms with Crippen molar-refractivity contribution in [1.82, 2.24) is 0 Å². The number of methoxy groups -OCH3 is 1. The molecule has 0 heterocycles. The smallest absolute Gasteiger partial charge is 0.466 e. The van der Waals surface area contributed by atoms with Crippen molar-refractivity contribution < 1.29 is 41.6 Å². The Hall–Kier alpha value is -0.620. The van der Waals surface area contributed by atoms with E-state index < -0.39 is 29.0 Å². The molecule has 0 spiro atoms. The van der Waals surface area contributed by atoms with E-state index in [4.69, 9.17) is 33.5 Å². The van der Waals surface area contributed by atoms with Crippen molar-refractivity contribution in [3.05, 3.63) is 21.8 Å². The predicted molar refractivity (Wildman–Crippen MR) is 84.0 cm³/mol. The van der Waals surface area contributed by atoms with Crippen LogP contribution in [0.15, 0.2) is 18.2 Å². The number of halogens is 1. The molecular weight excluding hydrogens is 434 g/mol. The molecule has 1 aromatic rings. The molecule has 1 aromatic carbocycles. The van der Waals surface area contributed by atoms with Gasteiger partial charge in [0.05, 0.1) is 23.4 Å². The molecule has 0 saturated carbocycles. The molecule has 0 radical (unpaired) electrons. The number of phosphoric acid groups is 1. The van der Waals surface area contributed by atoms with E-state index in [1.807, 2.05) is 0 Å². The molecule has 128 valence electrons. The third-order valence-corrected chi connectivity index (χ3v) is 3.32. The minimum atomic E-state index is -4.64. The van der Waals surface area contributed by atoms with Crippen molar-refractivity contribution >= 4 is 29.0 Å². The molecular formula is C11H18IO9P. The Morgan fingerprint density at radius 2 is 1.73 bits per heavy atom. The van der Waals surface area contributed by atoms with Gasteiger partial charge in [0.15, 0.2) is 21.2 Å². The van der Waals surface area contributed by atoms with E-state index in [-0.39, 0.29) is 5.75 Å². The van der Waals surface area contributed by atoms with Crippen molar-refractivity contribution in [1.29, 1.82) is 0 Å². The summed E-state index contributed by atoms with van der Waals surface area (Å²) in [6.07, 6.45) is 0. The summed E-state index contributed by atoms with van der Waals surface area (Å²) in [5, 5.41) is 9.46. The maximum atomic E-state index is 10.7. The maximum absolute atomic E-state index is 10.7. The summed E-state index contributed by atoms with van der Waals surface area (Å²) in [6, 6.07) is 4.75. The van der Waals surface area contributed by atoms with Crippen molar-refractivity contribution in [2.24, 2.45) is 0 Å². The zero-order valence-electron chi connectivity index (χ0n) is 11.7. The third kappa shape index (κ3) is 13.1. The van der Waals surface area contributed by atoms with Crippen molar-refractivity contribution in [3.63, 3.8) is 0 Å². The number of rotatable bonds is 8. The number of phenolic OH excluding ortho intramolecular Hbond substituents is 1. The summed E-state index contributed by atoms with van der Waals surface area (Å²) < 4.78 is 35.5. The fourth-order valence-corrected chi connectivity index (χ4v) is 1.82. The molecule has 4 N–H and O–H groups in total. The SMILES string of the molecule is COCCOCCOc1ccc(I=O)c(O)c1.O=P(O)(O)O. The molecule has 0 aliphatic heterocycles. The first-order valence-electron chi connectivity index (χ1n) is 5.85. The van der Waals surface area contributed by atoms with Crippen LogP contribution in [0.5, 0.6) is 11.5 Å². The first-order valence-corrected chi connectivity index (χ1v) is 9.38. The van der Waals surface area contributed by atoms with Gasteiger partial charge < -0.3 is 34.0 Å². The van der Waals surface area contributed by atoms with E-state index in [9.17, 15) is 8.18 Å². The number of benzene rings is 1. The first kappa shape index (κ1) is 21.4. The van der Waals surface area contributed by atoms with Gasteiger partial charge in [-0.2, -0.15) is 0 Å². The lowest BCUT2D eigenvalue weighted by Gasteiger charge is -2.07. The standard InChI is InChI=1S/C11H15IO5.H3O4P/c1-15-4-5-16-6-7-17-9-2-3-10(12-14)11(13)8-9;1-5(2,3)4/h2-3,8,13H,4-7H2,1H3;(H3,1,2,3,4). The average molecular weight is 452 g/mol. The van der Waals surface area contributed by atoms with Gasteiger partial charge in [0.25, 0.3) is 0 Å². The van der Waals surface area contributed by atoms with Crippen LogP contribution in [0, 0.1) is 3.57 Å². The molecule has 1 rings (SSSR count). The fourth-order valence-electron chi connectivity index (χ4n) is 1.11. The van der Waals surface area contributed by atoms with Crippen molar-refractivity contribution in [2.75, 3.05) is 33.5 Å². The first-order chi connectivity index (χ1) is 10.3. The highest BCUT2D eigenvalue weighted by Gasteiger charge is 2.03. The molecule has 0 saturated heterocycles. The van der Waals surface area contributed by atoms with E-state index in [0.717, 1.165) is 0 Å². The van der Waals surface area contributed by atoms with Crippen LogP contribution in [0.25, 0.3) is 0 Å². The van der Waals surface area contributed by atoms with E-state index in [2.05, 4.69) is 0 Å². The normalized spacial score (nSPS) is 10.7. The Morgan fingerprint density at radius 3 is 2.23 bits per heavy atom. The van der Waals surface area contributed by atoms with Crippen LogP contribution in [0.4, 0.5) is 0 Å². The van der Waals surface area contributed by atoms with Crippen LogP contribution in [0.3, 0.4) is 0 Å². The topological polar surface area (TPSA) is 143 Å². The zero-order valence-corrected chi connectivity index (χ0v) is 14.8. The van der Waals surface area contributed by atoms with Gasteiger partial charge in [0.1, 0.15) is 18.1 Å². The Morgan fingerprint density at radius 1 is 1.14 bits per heavy atom. The second-order valence-corrected chi connectivity index (χ2v) is 6.29. The minimum Gasteiger partial charge on any atom is -0.507 e. The quantitative estimate of drug-likeness (QED) is 0.258. The van der Waals surface area contributed by atoms with Crippen molar-refractivity contribution in [3.8, 4) is 11.5 Å². The second kappa shape index (κ2) is 11.9. The molecule has 0 aliphatic rings. The third-order valence-electron chi connectivity index (χ3n) is 1.93. The molecule has 0 fully saturated rings. The Bertz CT molecular complexity index is 482. The Labute approximate surface area is 137 Å². The van der Waals surface area contributed by atoms with Crippen LogP contribution in [-0.4, -0.2) is 53.3 Å². The molecule has 22 heavy (non-hydrogen) atoms. The number of hydrogen-bond acceptors (Lipinski definition) is 6. The number of phenols is 1. The van der Waals surface area contributed by atoms with Gasteiger partial charge in [0, 0.05) is 13.2 Å². The average Bonchev–Trinajstić information content (AvgIpc) is 2.41. The van der Waals surface area contributed by atoms with E-state index in [1.54, 1.807) is 19.2 Å². The van der Waals surface area contributed by atoms with E-state index >= 15 is 0 Å². The van der Waals surface area contributed by atoms with Gasteiger partial charge in [-0.15, -0.1) is 0 Å². The van der Waals surface area contributed by atoms with Crippen LogP contribution in [0.1, 0.15) is 0 Å². The lowest BCUT2D eigenvalue weighted by Crippen LogP contribution is -2.09. The molecule has 0 aromatic heterocycles. The highest BCUT2D eigenvalue weighted by molar-refractivity contribution is 14.1. The predicted octanol–water partition coefficient (Wildman–Crippen LogP) is 0.991. The molecule has 0 aliphatic carbocycles. The number of aromatic hydroxyl groups is 1. The van der Waals surface area contributed by atoms with Crippen LogP contribution in [-0.2, 0) is 17.1 Å². The monoisotopic (exact) mass is 452 g/mol. The number of hydrogen-bond donors (Lipinski definition) is 4. The molecule has 11 heteroatoms. The lowest BCUT2D eigenvalue weighted by atomic mass is 10.3. The summed E-state index contributed by atoms with van der Waals surface area (Å²) in [5.74, 6) is 0.560. The molecule has 0 bridgehead atoms. The summed E-state index contributed by atoms with van der Waals surface area (Å²) >= 11 is -1.34. The molecule has 9 nitrogen and oxygen atoms in total. The highest BCUT2D eigenvalue weighted by atomic mass is 127. The summed E-state index contributed by atoms with van der Waals surface area (Å²) in [5.41, 5.74) is 0. The van der Waals surface area contributed by atoms with Gasteiger partial charge in [-0.3, -0.25) is 3.07 Å². The Kier molecular flexibility index (Phi) is 11.5. The summed E-state index contributed by atoms with van der Waals surface area (Å²) in [6.45, 7) is 1.95. The van der Waals surface area contributed by atoms with Gasteiger partial charge in [-0.05, 0) is 12.1 Å². The van der Waals surface area contributed by atoms with E-state index in [0.29, 0.717) is 35.7 Å². The Balaban J connectivity index is 0.000000763. The van der Waals surface area contributed by atoms with Gasteiger partial charge in [-0.25, -0.2) is 4.57 Å². The summed E-state index contributed by atoms with van der Waals surface area (Å²) in [4.78, 5) is 21.6. The zero-order chi connectivity index (χ0) is 17.0. The van der Waals surface area contributed by atoms with Crippen LogP contribution < -0.4 is 4.74 Å². The largest absolute Gasteiger partial charge is 0.507 e. The fraction of sp³-hybridized carbons (Fsp3) is 0.455. The van der Waals surface area contributed by atoms with Crippen LogP contribution in [0.2, 0.25) is 0 Å². The highest BCUT2D eigenvalue weighted by Crippen LogP contribution is 2.27. The summed E-state index contributed by atoms with van der Waals surface area (Å²) in [7, 11) is -3.02. The number of ether oxygens (including phenoxy) is 3. The lowest BCUT2D eigenvalue weighted by molar-refractivity contribution is 0.0544. The molecule has 0 amide bonds. The maximum Gasteiger partial charge on any atom is 0.466 e. The van der Waals surface area contributed by atoms with Gasteiger partial charge in [-0.1, -0.05) is 0 Å². The van der Waals surface area contributed by atoms with Crippen molar-refractivity contribution in [2.45, 2.75) is 0 Å². The second-order valence-electron chi connectivity index (χ2n) is 3.66. The van der Waals surface area contributed by atoms with Gasteiger partial charge >= 0.3 is 7.82 Å². The van der Waals surface area contributed by atoms with Gasteiger partial charge in [0.2, 0.25) is 0 Å². The van der Waals surface area contributed by atoms with E-state index in [1.165, 1.54) is 6.07 Å². The molecule has 0 unspecified atom stereocenters. The molecule has 0 atom stereocenters. The van der Waals surface area contributed by atoms with Crippen LogP contribution >= 0.6 is 29.0 Å².